The number of hydrogen-bond acceptors (Lipinski definition) is 5. The fourth-order valence-corrected chi connectivity index (χ4v) is 4.87. The van der Waals surface area contributed by atoms with Crippen molar-refractivity contribution in [3.8, 4) is 5.75 Å². The highest BCUT2D eigenvalue weighted by Gasteiger charge is 2.23. The van der Waals surface area contributed by atoms with Crippen molar-refractivity contribution < 1.29 is 4.74 Å². The molecule has 1 aromatic carbocycles. The first-order chi connectivity index (χ1) is 14.3. The van der Waals surface area contributed by atoms with E-state index < -0.39 is 0 Å². The van der Waals surface area contributed by atoms with Gasteiger partial charge >= 0.3 is 0 Å². The molecule has 1 aliphatic heterocycles. The summed E-state index contributed by atoms with van der Waals surface area (Å²) in [5, 5.41) is 13.2. The molecule has 2 aromatic rings. The number of benzene rings is 1. The van der Waals surface area contributed by atoms with Crippen LogP contribution >= 0.6 is 35.7 Å². The Balaban J connectivity index is 0.00000256. The van der Waals surface area contributed by atoms with Crippen LogP contribution in [-0.2, 0) is 6.42 Å². The molecule has 30 heavy (non-hydrogen) atoms. The van der Waals surface area contributed by atoms with Crippen molar-refractivity contribution in [2.24, 2.45) is 10.7 Å². The van der Waals surface area contributed by atoms with Gasteiger partial charge in [0.25, 0.3) is 0 Å². The van der Waals surface area contributed by atoms with E-state index in [4.69, 9.17) is 10.5 Å². The number of para-hydroxylation sites is 1. The lowest BCUT2D eigenvalue weighted by Gasteiger charge is -2.26. The van der Waals surface area contributed by atoms with E-state index in [0.717, 1.165) is 41.6 Å². The normalized spacial score (nSPS) is 19.1. The molecular formula is C21H31IN6OS. The zero-order chi connectivity index (χ0) is 20.1. The van der Waals surface area contributed by atoms with Gasteiger partial charge in [0, 0.05) is 31.0 Å². The summed E-state index contributed by atoms with van der Waals surface area (Å²) in [5.74, 6) is 2.51. The van der Waals surface area contributed by atoms with Gasteiger partial charge in [0.15, 0.2) is 11.1 Å². The molecule has 1 atom stereocenters. The highest BCUT2D eigenvalue weighted by Crippen LogP contribution is 2.33. The summed E-state index contributed by atoms with van der Waals surface area (Å²) in [4.78, 5) is 4.54. The van der Waals surface area contributed by atoms with Crippen molar-refractivity contribution in [2.45, 2.75) is 62.2 Å². The third kappa shape index (κ3) is 5.40. The molecule has 1 aliphatic carbocycles. The van der Waals surface area contributed by atoms with E-state index in [9.17, 15) is 0 Å². The van der Waals surface area contributed by atoms with Gasteiger partial charge in [-0.25, -0.2) is 0 Å². The van der Waals surface area contributed by atoms with Crippen molar-refractivity contribution in [1.29, 1.82) is 0 Å². The number of aromatic nitrogens is 3. The molecule has 0 bridgehead atoms. The van der Waals surface area contributed by atoms with Crippen LogP contribution in [0.2, 0.25) is 0 Å². The number of nitrogens with one attached hydrogen (secondary N) is 1. The number of fused-ring (bicyclic) bond motifs is 1. The van der Waals surface area contributed by atoms with Crippen LogP contribution in [0.1, 0.15) is 62.0 Å². The first-order valence-electron chi connectivity index (χ1n) is 10.5. The van der Waals surface area contributed by atoms with Crippen molar-refractivity contribution >= 4 is 41.7 Å². The third-order valence-electron chi connectivity index (χ3n) is 5.73. The Kier molecular flexibility index (Phi) is 8.67. The summed E-state index contributed by atoms with van der Waals surface area (Å²) in [6.45, 7) is 1.37. The second kappa shape index (κ2) is 11.2. The number of aliphatic imine (C=N–C) groups is 1. The van der Waals surface area contributed by atoms with Gasteiger partial charge in [-0.15, -0.1) is 34.2 Å². The lowest BCUT2D eigenvalue weighted by Crippen LogP contribution is -2.37. The maximum Gasteiger partial charge on any atom is 0.191 e. The first kappa shape index (κ1) is 23.2. The van der Waals surface area contributed by atoms with E-state index in [0.29, 0.717) is 25.2 Å². The molecule has 0 saturated heterocycles. The fourth-order valence-electron chi connectivity index (χ4n) is 4.30. The van der Waals surface area contributed by atoms with Crippen LogP contribution in [-0.4, -0.2) is 40.1 Å². The van der Waals surface area contributed by atoms with Gasteiger partial charge in [0.2, 0.25) is 0 Å². The van der Waals surface area contributed by atoms with Crippen LogP contribution in [0.4, 0.5) is 0 Å². The number of guanidine groups is 1. The van der Waals surface area contributed by atoms with Crippen LogP contribution in [0.5, 0.6) is 5.75 Å². The Hall–Kier alpha value is -1.49. The number of halogens is 1. The number of nitrogens with two attached hydrogens (primary N) is 1. The predicted octanol–water partition coefficient (Wildman–Crippen LogP) is 4.09. The van der Waals surface area contributed by atoms with Crippen LogP contribution in [0.3, 0.4) is 0 Å². The minimum Gasteiger partial charge on any atom is -0.493 e. The average Bonchev–Trinajstić information content (AvgIpc) is 3.41. The zero-order valence-corrected chi connectivity index (χ0v) is 20.6. The second-order valence-corrected chi connectivity index (χ2v) is 8.43. The molecule has 0 radical (unpaired) electrons. The molecule has 1 unspecified atom stereocenters. The molecule has 2 aliphatic rings. The Labute approximate surface area is 199 Å². The van der Waals surface area contributed by atoms with Crippen LogP contribution in [0.15, 0.2) is 34.4 Å². The Morgan fingerprint density at radius 3 is 2.87 bits per heavy atom. The minimum absolute atomic E-state index is 0. The van der Waals surface area contributed by atoms with Gasteiger partial charge in [-0.1, -0.05) is 42.8 Å². The van der Waals surface area contributed by atoms with Crippen LogP contribution < -0.4 is 15.8 Å². The minimum atomic E-state index is 0. The molecule has 1 saturated carbocycles. The summed E-state index contributed by atoms with van der Waals surface area (Å²) < 4.78 is 8.07. The zero-order valence-electron chi connectivity index (χ0n) is 17.4. The first-order valence-corrected chi connectivity index (χ1v) is 11.7. The lowest BCUT2D eigenvalue weighted by atomic mass is 10.0. The molecule has 164 valence electrons. The van der Waals surface area contributed by atoms with E-state index >= 15 is 0 Å². The summed E-state index contributed by atoms with van der Waals surface area (Å²) in [6.07, 6.45) is 9.82. The van der Waals surface area contributed by atoms with Gasteiger partial charge in [0.1, 0.15) is 11.6 Å². The van der Waals surface area contributed by atoms with E-state index in [1.165, 1.54) is 25.7 Å². The second-order valence-electron chi connectivity index (χ2n) is 7.65. The van der Waals surface area contributed by atoms with Gasteiger partial charge in [-0.05, 0) is 31.6 Å². The SMILES string of the molecule is CSc1nnc(CCCN=C(N)NC2CCOc3ccccc32)n1C1CCCC1.I. The monoisotopic (exact) mass is 542 g/mol. The van der Waals surface area contributed by atoms with Crippen molar-refractivity contribution in [3.05, 3.63) is 35.7 Å². The quantitative estimate of drug-likeness (QED) is 0.180. The van der Waals surface area contributed by atoms with Gasteiger partial charge < -0.3 is 20.4 Å². The number of rotatable bonds is 7. The number of thioether (sulfide) groups is 1. The smallest absolute Gasteiger partial charge is 0.191 e. The molecule has 1 fully saturated rings. The number of hydrogen-bond donors (Lipinski definition) is 2. The standard InChI is InChI=1S/C21H30N6OS.HI/c1-29-21-26-25-19(27(21)15-7-2-3-8-15)11-6-13-23-20(22)24-17-12-14-28-18-10-5-4-9-16(17)18;/h4-5,9-10,15,17H,2-3,6-8,11-14H2,1H3,(H3,22,23,24);1H. The van der Waals surface area contributed by atoms with Crippen molar-refractivity contribution in [3.63, 3.8) is 0 Å². The van der Waals surface area contributed by atoms with Gasteiger partial charge in [-0.2, -0.15) is 0 Å². The van der Waals surface area contributed by atoms with Crippen molar-refractivity contribution in [1.82, 2.24) is 20.1 Å². The molecular weight excluding hydrogens is 511 g/mol. The summed E-state index contributed by atoms with van der Waals surface area (Å²) >= 11 is 1.68. The third-order valence-corrected chi connectivity index (χ3v) is 6.37. The maximum absolute atomic E-state index is 6.16. The number of nitrogens with zero attached hydrogens (tertiary/aromatic N) is 4. The Bertz CT molecular complexity index is 852. The maximum atomic E-state index is 6.16. The largest absolute Gasteiger partial charge is 0.493 e. The molecule has 0 spiro atoms. The predicted molar refractivity (Wildman–Crippen MR) is 132 cm³/mol. The van der Waals surface area contributed by atoms with Crippen molar-refractivity contribution in [2.75, 3.05) is 19.4 Å². The van der Waals surface area contributed by atoms with E-state index in [1.54, 1.807) is 11.8 Å². The summed E-state index contributed by atoms with van der Waals surface area (Å²) in [7, 11) is 0. The molecule has 9 heteroatoms. The molecule has 1 aromatic heterocycles. The molecule has 3 N–H and O–H groups in total. The average molecular weight is 542 g/mol. The van der Waals surface area contributed by atoms with Crippen LogP contribution in [0.25, 0.3) is 0 Å². The van der Waals surface area contributed by atoms with Crippen LogP contribution in [0, 0.1) is 0 Å². The molecule has 0 amide bonds. The lowest BCUT2D eigenvalue weighted by molar-refractivity contribution is 0.262. The van der Waals surface area contributed by atoms with Gasteiger partial charge in [0.05, 0.1) is 12.6 Å². The van der Waals surface area contributed by atoms with Gasteiger partial charge in [-0.3, -0.25) is 4.99 Å². The summed E-state index contributed by atoms with van der Waals surface area (Å²) in [6, 6.07) is 8.81. The number of aryl methyl sites for hydroxylation is 1. The van der Waals surface area contributed by atoms with E-state index in [1.807, 2.05) is 18.2 Å². The fraction of sp³-hybridized carbons (Fsp3) is 0.571. The Morgan fingerprint density at radius 1 is 1.27 bits per heavy atom. The Morgan fingerprint density at radius 2 is 2.07 bits per heavy atom. The number of ether oxygens (including phenoxy) is 1. The highest BCUT2D eigenvalue weighted by molar-refractivity contribution is 14.0. The van der Waals surface area contributed by atoms with E-state index in [2.05, 4.69) is 37.4 Å². The topological polar surface area (TPSA) is 90.3 Å². The molecule has 2 heterocycles. The molecule has 4 rings (SSSR count). The molecule has 7 nitrogen and oxygen atoms in total. The summed E-state index contributed by atoms with van der Waals surface area (Å²) in [5.41, 5.74) is 7.30. The van der Waals surface area contributed by atoms with E-state index in [-0.39, 0.29) is 30.0 Å². The highest BCUT2D eigenvalue weighted by atomic mass is 127.